The number of H-pyrrole nitrogens is 1. The molecule has 3 aromatic rings. The molecule has 0 saturated heterocycles. The molecule has 1 aromatic heterocycles. The normalized spacial score (nSPS) is 10.3. The fourth-order valence-corrected chi connectivity index (χ4v) is 2.75. The Hall–Kier alpha value is -4.19. The Morgan fingerprint density at radius 1 is 1.03 bits per heavy atom. The molecule has 0 saturated carbocycles. The van der Waals surface area contributed by atoms with Gasteiger partial charge in [0.15, 0.2) is 6.61 Å². The molecule has 2 aromatic carbocycles. The van der Waals surface area contributed by atoms with E-state index in [9.17, 15) is 19.2 Å². The number of nitrogens with one attached hydrogen (secondary N) is 1. The predicted molar refractivity (Wildman–Crippen MR) is 104 cm³/mol. The molecule has 0 radical (unpaired) electrons. The van der Waals surface area contributed by atoms with Gasteiger partial charge in [0.2, 0.25) is 0 Å². The van der Waals surface area contributed by atoms with Crippen molar-refractivity contribution in [2.45, 2.75) is 6.54 Å². The Kier molecular flexibility index (Phi) is 5.85. The number of aromatic amines is 1. The maximum absolute atomic E-state index is 12.4. The molecular weight excluding hydrogens is 376 g/mol. The molecule has 0 bridgehead atoms. The fourth-order valence-electron chi connectivity index (χ4n) is 2.75. The highest BCUT2D eigenvalue weighted by atomic mass is 16.5. The average Bonchev–Trinajstić information content (AvgIpc) is 2.74. The van der Waals surface area contributed by atoms with E-state index in [1.165, 1.54) is 17.0 Å². The van der Waals surface area contributed by atoms with Gasteiger partial charge in [0, 0.05) is 5.69 Å². The van der Waals surface area contributed by atoms with Gasteiger partial charge in [-0.25, -0.2) is 4.68 Å². The number of para-hydroxylation sites is 1. The predicted octanol–water partition coefficient (Wildman–Crippen LogP) is 0.790. The molecule has 146 valence electrons. The quantitative estimate of drug-likeness (QED) is 0.488. The van der Waals surface area contributed by atoms with Crippen LogP contribution in [0.3, 0.4) is 0 Å². The van der Waals surface area contributed by atoms with Crippen LogP contribution in [0.25, 0.3) is 10.8 Å². The molecule has 0 aliphatic heterocycles. The van der Waals surface area contributed by atoms with Gasteiger partial charge in [-0.2, -0.15) is 5.26 Å². The molecule has 0 aliphatic carbocycles. The van der Waals surface area contributed by atoms with Crippen LogP contribution in [0.4, 0.5) is 5.69 Å². The summed E-state index contributed by atoms with van der Waals surface area (Å²) >= 11 is 0. The van der Waals surface area contributed by atoms with Crippen LogP contribution >= 0.6 is 0 Å². The van der Waals surface area contributed by atoms with Crippen LogP contribution in [0.15, 0.2) is 64.2 Å². The van der Waals surface area contributed by atoms with Crippen molar-refractivity contribution in [3.63, 3.8) is 0 Å². The second-order valence-corrected chi connectivity index (χ2v) is 6.01. The van der Waals surface area contributed by atoms with Gasteiger partial charge in [-0.15, -0.1) is 0 Å². The highest BCUT2D eigenvalue weighted by molar-refractivity contribution is 5.95. The number of carbonyl (C=O) groups is 2. The smallest absolute Gasteiger partial charge is 0.328 e. The van der Waals surface area contributed by atoms with Gasteiger partial charge in [0.05, 0.1) is 16.8 Å². The number of amides is 1. The van der Waals surface area contributed by atoms with E-state index in [0.29, 0.717) is 5.69 Å². The van der Waals surface area contributed by atoms with E-state index in [-0.39, 0.29) is 17.3 Å². The first-order valence-corrected chi connectivity index (χ1v) is 8.61. The maximum atomic E-state index is 12.4. The SMILES string of the molecule is N#CCN(C(=O)COC(=O)Cn1[nH]c(=O)c2ccccc2c1=O)c1ccccc1. The summed E-state index contributed by atoms with van der Waals surface area (Å²) in [5.74, 6) is -1.47. The summed E-state index contributed by atoms with van der Waals surface area (Å²) in [4.78, 5) is 50.1. The van der Waals surface area contributed by atoms with E-state index >= 15 is 0 Å². The van der Waals surface area contributed by atoms with Crippen LogP contribution in [-0.4, -0.2) is 34.8 Å². The van der Waals surface area contributed by atoms with Crippen molar-refractivity contribution in [1.29, 1.82) is 5.26 Å². The van der Waals surface area contributed by atoms with Crippen molar-refractivity contribution in [3.8, 4) is 6.07 Å². The first kappa shape index (κ1) is 19.6. The number of nitrogens with zero attached hydrogens (tertiary/aromatic N) is 3. The van der Waals surface area contributed by atoms with Gasteiger partial charge in [-0.05, 0) is 24.3 Å². The van der Waals surface area contributed by atoms with E-state index in [1.54, 1.807) is 42.5 Å². The molecule has 0 spiro atoms. The monoisotopic (exact) mass is 392 g/mol. The van der Waals surface area contributed by atoms with Crippen molar-refractivity contribution in [2.24, 2.45) is 0 Å². The summed E-state index contributed by atoms with van der Waals surface area (Å²) < 4.78 is 5.78. The average molecular weight is 392 g/mol. The summed E-state index contributed by atoms with van der Waals surface area (Å²) in [6.45, 7) is -1.38. The lowest BCUT2D eigenvalue weighted by atomic mass is 10.2. The van der Waals surface area contributed by atoms with E-state index in [2.05, 4.69) is 5.10 Å². The molecule has 1 heterocycles. The van der Waals surface area contributed by atoms with Gasteiger partial charge in [0.1, 0.15) is 13.1 Å². The van der Waals surface area contributed by atoms with Crippen LogP contribution in [0.5, 0.6) is 0 Å². The Bertz CT molecular complexity index is 1210. The molecule has 29 heavy (non-hydrogen) atoms. The first-order valence-electron chi connectivity index (χ1n) is 8.61. The molecule has 0 fully saturated rings. The lowest BCUT2D eigenvalue weighted by Crippen LogP contribution is -2.37. The summed E-state index contributed by atoms with van der Waals surface area (Å²) in [6, 6.07) is 16.6. The van der Waals surface area contributed by atoms with Crippen LogP contribution in [0.2, 0.25) is 0 Å². The molecule has 3 rings (SSSR count). The standard InChI is InChI=1S/C20H16N4O5/c21-10-11-23(14-6-2-1-3-7-14)17(25)13-29-18(26)12-24-20(28)16-9-5-4-8-15(16)19(27)22-24/h1-9H,11-13H2,(H,22,27). The molecule has 0 aliphatic rings. The van der Waals surface area contributed by atoms with Crippen LogP contribution in [0.1, 0.15) is 0 Å². The summed E-state index contributed by atoms with van der Waals surface area (Å²) in [6.07, 6.45) is 0. The Balaban J connectivity index is 1.70. The minimum absolute atomic E-state index is 0.171. The number of ether oxygens (including phenoxy) is 1. The van der Waals surface area contributed by atoms with Crippen molar-refractivity contribution in [3.05, 3.63) is 75.3 Å². The minimum Gasteiger partial charge on any atom is -0.454 e. The zero-order valence-electron chi connectivity index (χ0n) is 15.2. The Labute approximate surface area is 164 Å². The number of fused-ring (bicyclic) bond motifs is 1. The van der Waals surface area contributed by atoms with E-state index in [0.717, 1.165) is 4.68 Å². The number of nitriles is 1. The number of benzene rings is 2. The van der Waals surface area contributed by atoms with E-state index in [1.807, 2.05) is 6.07 Å². The third kappa shape index (κ3) is 4.39. The molecule has 9 heteroatoms. The second kappa shape index (κ2) is 8.67. The van der Waals surface area contributed by atoms with Gasteiger partial charge in [0.25, 0.3) is 17.0 Å². The van der Waals surface area contributed by atoms with Gasteiger partial charge >= 0.3 is 5.97 Å². The highest BCUT2D eigenvalue weighted by Gasteiger charge is 2.18. The third-order valence-electron chi connectivity index (χ3n) is 4.13. The van der Waals surface area contributed by atoms with E-state index < -0.39 is 36.1 Å². The zero-order chi connectivity index (χ0) is 20.8. The summed E-state index contributed by atoms with van der Waals surface area (Å²) in [7, 11) is 0. The van der Waals surface area contributed by atoms with Gasteiger partial charge < -0.3 is 4.74 Å². The number of carbonyl (C=O) groups excluding carboxylic acids is 2. The lowest BCUT2D eigenvalue weighted by molar-refractivity contribution is -0.148. The second-order valence-electron chi connectivity index (χ2n) is 6.01. The topological polar surface area (TPSA) is 125 Å². The minimum atomic E-state index is -0.878. The number of hydrogen-bond acceptors (Lipinski definition) is 6. The van der Waals surface area contributed by atoms with Crippen LogP contribution < -0.4 is 16.0 Å². The highest BCUT2D eigenvalue weighted by Crippen LogP contribution is 2.13. The van der Waals surface area contributed by atoms with Crippen LogP contribution in [0, 0.1) is 11.3 Å². The Morgan fingerprint density at radius 2 is 1.69 bits per heavy atom. The summed E-state index contributed by atoms with van der Waals surface area (Å²) in [5, 5.41) is 11.6. The summed E-state index contributed by atoms with van der Waals surface area (Å²) in [5.41, 5.74) is -0.586. The number of rotatable bonds is 6. The van der Waals surface area contributed by atoms with E-state index in [4.69, 9.17) is 10.00 Å². The van der Waals surface area contributed by atoms with Crippen molar-refractivity contribution in [2.75, 3.05) is 18.1 Å². The fraction of sp³-hybridized carbons (Fsp3) is 0.150. The third-order valence-corrected chi connectivity index (χ3v) is 4.13. The number of hydrogen-bond donors (Lipinski definition) is 1. The van der Waals surface area contributed by atoms with Crippen molar-refractivity contribution >= 4 is 28.3 Å². The largest absolute Gasteiger partial charge is 0.454 e. The van der Waals surface area contributed by atoms with Gasteiger partial charge in [-0.3, -0.25) is 29.2 Å². The molecule has 1 N–H and O–H groups in total. The maximum Gasteiger partial charge on any atom is 0.328 e. The molecule has 0 atom stereocenters. The first-order chi connectivity index (χ1) is 14.0. The van der Waals surface area contributed by atoms with Crippen molar-refractivity contribution in [1.82, 2.24) is 9.78 Å². The van der Waals surface area contributed by atoms with Crippen LogP contribution in [-0.2, 0) is 20.9 Å². The number of aromatic nitrogens is 2. The van der Waals surface area contributed by atoms with Crippen molar-refractivity contribution < 1.29 is 14.3 Å². The lowest BCUT2D eigenvalue weighted by Gasteiger charge is -2.19. The van der Waals surface area contributed by atoms with Gasteiger partial charge in [-0.1, -0.05) is 30.3 Å². The Morgan fingerprint density at radius 3 is 2.38 bits per heavy atom. The molecule has 0 unspecified atom stereocenters. The number of esters is 1. The molecular formula is C20H16N4O5. The number of anilines is 1. The zero-order valence-corrected chi connectivity index (χ0v) is 15.2. The molecule has 9 nitrogen and oxygen atoms in total. The molecule has 1 amide bonds.